The van der Waals surface area contributed by atoms with Crippen LogP contribution >= 0.6 is 0 Å². The molecule has 0 aliphatic carbocycles. The highest BCUT2D eigenvalue weighted by molar-refractivity contribution is 7.92. The quantitative estimate of drug-likeness (QED) is 0.599. The van der Waals surface area contributed by atoms with Crippen molar-refractivity contribution >= 4 is 9.84 Å². The van der Waals surface area contributed by atoms with E-state index in [9.17, 15) is 21.6 Å². The number of alkyl halides is 3. The van der Waals surface area contributed by atoms with E-state index in [2.05, 4.69) is 6.58 Å². The molecule has 0 saturated carbocycles. The Labute approximate surface area is 158 Å². The Hall–Kier alpha value is -2.08. The van der Waals surface area contributed by atoms with E-state index in [1.807, 2.05) is 20.8 Å². The maximum Gasteiger partial charge on any atom is 0.412 e. The van der Waals surface area contributed by atoms with E-state index in [0.29, 0.717) is 0 Å². The monoisotopic (exact) mass is 396 g/mol. The molecule has 146 valence electrons. The van der Waals surface area contributed by atoms with Crippen molar-refractivity contribution < 1.29 is 21.6 Å². The normalized spacial score (nSPS) is 15.2. The van der Waals surface area contributed by atoms with Crippen molar-refractivity contribution in [2.75, 3.05) is 0 Å². The van der Waals surface area contributed by atoms with Crippen LogP contribution in [-0.2, 0) is 20.0 Å². The molecule has 27 heavy (non-hydrogen) atoms. The summed E-state index contributed by atoms with van der Waals surface area (Å²) in [7, 11) is -4.78. The topological polar surface area (TPSA) is 34.1 Å². The molecule has 0 heterocycles. The Bertz CT molecular complexity index is 893. The summed E-state index contributed by atoms with van der Waals surface area (Å²) in [5, 5.41) is 0. The van der Waals surface area contributed by atoms with Gasteiger partial charge in [0.15, 0.2) is 14.6 Å². The SMILES string of the molecule is C=CCC(c1ccc(C(C)(C)C)cc1)(C(F)(F)F)S(=O)(=O)c1ccccc1. The van der Waals surface area contributed by atoms with Crippen molar-refractivity contribution in [2.24, 2.45) is 0 Å². The fourth-order valence-corrected chi connectivity index (χ4v) is 5.06. The summed E-state index contributed by atoms with van der Waals surface area (Å²) in [6.07, 6.45) is -4.80. The van der Waals surface area contributed by atoms with E-state index in [1.165, 1.54) is 36.4 Å². The average molecular weight is 396 g/mol. The zero-order valence-corrected chi connectivity index (χ0v) is 16.4. The molecule has 0 saturated heterocycles. The molecule has 2 aromatic rings. The van der Waals surface area contributed by atoms with Gasteiger partial charge in [-0.3, -0.25) is 0 Å². The molecule has 2 aromatic carbocycles. The zero-order valence-electron chi connectivity index (χ0n) is 15.5. The summed E-state index contributed by atoms with van der Waals surface area (Å²) in [5.41, 5.74) is 0.237. The third kappa shape index (κ3) is 3.68. The fraction of sp³-hybridized carbons (Fsp3) is 0.333. The zero-order chi connectivity index (χ0) is 20.5. The van der Waals surface area contributed by atoms with Crippen LogP contribution in [-0.4, -0.2) is 14.6 Å². The molecule has 0 aliphatic rings. The predicted octanol–water partition coefficient (Wildman–Crippen LogP) is 5.79. The lowest BCUT2D eigenvalue weighted by Crippen LogP contribution is -2.48. The second kappa shape index (κ2) is 7.15. The molecular formula is C21H23F3O2S. The lowest BCUT2D eigenvalue weighted by Gasteiger charge is -2.35. The van der Waals surface area contributed by atoms with Crippen LogP contribution in [0.25, 0.3) is 0 Å². The lowest BCUT2D eigenvalue weighted by molar-refractivity contribution is -0.163. The van der Waals surface area contributed by atoms with Gasteiger partial charge in [0.1, 0.15) is 0 Å². The highest BCUT2D eigenvalue weighted by Crippen LogP contribution is 2.51. The van der Waals surface area contributed by atoms with Crippen LogP contribution in [0.4, 0.5) is 13.2 Å². The summed E-state index contributed by atoms with van der Waals surface area (Å²) in [6, 6.07) is 12.4. The van der Waals surface area contributed by atoms with Gasteiger partial charge in [-0.1, -0.05) is 69.3 Å². The molecule has 1 unspecified atom stereocenters. The molecule has 0 N–H and O–H groups in total. The minimum atomic E-state index is -5.03. The van der Waals surface area contributed by atoms with Crippen molar-refractivity contribution in [1.29, 1.82) is 0 Å². The highest BCUT2D eigenvalue weighted by atomic mass is 32.2. The third-order valence-electron chi connectivity index (χ3n) is 4.62. The number of hydrogen-bond donors (Lipinski definition) is 0. The van der Waals surface area contributed by atoms with Gasteiger partial charge in [-0.25, -0.2) is 8.42 Å². The van der Waals surface area contributed by atoms with Gasteiger partial charge < -0.3 is 0 Å². The molecule has 0 aliphatic heterocycles. The van der Waals surface area contributed by atoms with Crippen LogP contribution in [0.5, 0.6) is 0 Å². The maximum atomic E-state index is 14.3. The lowest BCUT2D eigenvalue weighted by atomic mass is 9.85. The average Bonchev–Trinajstić information content (AvgIpc) is 2.58. The highest BCUT2D eigenvalue weighted by Gasteiger charge is 2.64. The second-order valence-electron chi connectivity index (χ2n) is 7.46. The van der Waals surface area contributed by atoms with Crippen molar-refractivity contribution in [1.82, 2.24) is 0 Å². The first kappa shape index (κ1) is 21.2. The third-order valence-corrected chi connectivity index (χ3v) is 7.06. The van der Waals surface area contributed by atoms with E-state index in [4.69, 9.17) is 0 Å². The van der Waals surface area contributed by atoms with Gasteiger partial charge >= 0.3 is 6.18 Å². The van der Waals surface area contributed by atoms with Gasteiger partial charge in [-0.05, 0) is 35.1 Å². The molecular weight excluding hydrogens is 373 g/mol. The van der Waals surface area contributed by atoms with Gasteiger partial charge in [0.05, 0.1) is 4.90 Å². The summed E-state index contributed by atoms with van der Waals surface area (Å²) in [6.45, 7) is 9.19. The Kier molecular flexibility index (Phi) is 5.62. The molecule has 0 radical (unpaired) electrons. The van der Waals surface area contributed by atoms with Gasteiger partial charge in [0, 0.05) is 0 Å². The van der Waals surface area contributed by atoms with Gasteiger partial charge in [0.2, 0.25) is 0 Å². The van der Waals surface area contributed by atoms with Crippen LogP contribution < -0.4 is 0 Å². The minimum Gasteiger partial charge on any atom is -0.222 e. The van der Waals surface area contributed by atoms with E-state index in [0.717, 1.165) is 11.6 Å². The van der Waals surface area contributed by atoms with Crippen molar-refractivity contribution in [3.05, 3.63) is 78.4 Å². The molecule has 2 nitrogen and oxygen atoms in total. The molecule has 0 amide bonds. The van der Waals surface area contributed by atoms with Gasteiger partial charge in [-0.2, -0.15) is 13.2 Å². The molecule has 2 rings (SSSR count). The maximum absolute atomic E-state index is 14.3. The molecule has 0 fully saturated rings. The first-order valence-electron chi connectivity index (χ1n) is 8.46. The fourth-order valence-electron chi connectivity index (χ4n) is 3.06. The number of allylic oxidation sites excluding steroid dienone is 1. The molecule has 0 aromatic heterocycles. The number of sulfone groups is 1. The Morgan fingerprint density at radius 2 is 1.37 bits per heavy atom. The molecule has 0 bridgehead atoms. The summed E-state index contributed by atoms with van der Waals surface area (Å²) >= 11 is 0. The van der Waals surface area contributed by atoms with Crippen LogP contribution in [0.15, 0.2) is 72.1 Å². The van der Waals surface area contributed by atoms with Crippen LogP contribution in [0, 0.1) is 0 Å². The van der Waals surface area contributed by atoms with Crippen molar-refractivity contribution in [3.8, 4) is 0 Å². The Morgan fingerprint density at radius 1 is 0.889 bits per heavy atom. The van der Waals surface area contributed by atoms with Crippen LogP contribution in [0.3, 0.4) is 0 Å². The Morgan fingerprint density at radius 3 is 1.78 bits per heavy atom. The van der Waals surface area contributed by atoms with Crippen molar-refractivity contribution in [3.63, 3.8) is 0 Å². The smallest absolute Gasteiger partial charge is 0.222 e. The standard InChI is InChI=1S/C21H23F3O2S/c1-5-15-20(21(22,23)24,27(25,26)18-9-7-6-8-10-18)17-13-11-16(12-14-17)19(2,3)4/h5-14H,1,15H2,2-4H3. The largest absolute Gasteiger partial charge is 0.412 e. The number of benzene rings is 2. The molecule has 0 spiro atoms. The molecule has 1 atom stereocenters. The summed E-state index contributed by atoms with van der Waals surface area (Å²) < 4.78 is 66.3. The Balaban J connectivity index is 2.81. The van der Waals surface area contributed by atoms with E-state index >= 15 is 0 Å². The van der Waals surface area contributed by atoms with Gasteiger partial charge in [-0.15, -0.1) is 6.58 Å². The molecule has 6 heteroatoms. The predicted molar refractivity (Wildman–Crippen MR) is 101 cm³/mol. The van der Waals surface area contributed by atoms with Crippen LogP contribution in [0.2, 0.25) is 0 Å². The second-order valence-corrected chi connectivity index (χ2v) is 9.64. The van der Waals surface area contributed by atoms with Gasteiger partial charge in [0.25, 0.3) is 0 Å². The minimum absolute atomic E-state index is 0.268. The number of hydrogen-bond acceptors (Lipinski definition) is 2. The van der Waals surface area contributed by atoms with E-state index < -0.39 is 27.2 Å². The van der Waals surface area contributed by atoms with E-state index in [1.54, 1.807) is 18.2 Å². The first-order chi connectivity index (χ1) is 12.4. The number of halogens is 3. The van der Waals surface area contributed by atoms with E-state index in [-0.39, 0.29) is 15.9 Å². The van der Waals surface area contributed by atoms with Crippen LogP contribution in [0.1, 0.15) is 38.3 Å². The summed E-state index contributed by atoms with van der Waals surface area (Å²) in [4.78, 5) is -0.371. The number of rotatable bonds is 5. The van der Waals surface area contributed by atoms with Crippen molar-refractivity contribution in [2.45, 2.75) is 48.4 Å². The first-order valence-corrected chi connectivity index (χ1v) is 9.94. The summed E-state index contributed by atoms with van der Waals surface area (Å²) in [5.74, 6) is 0.